The third-order valence-electron chi connectivity index (χ3n) is 4.74. The van der Waals surface area contributed by atoms with Crippen molar-refractivity contribution in [3.8, 4) is 0 Å². The number of ether oxygens (including phenoxy) is 1. The van der Waals surface area contributed by atoms with Crippen molar-refractivity contribution in [2.24, 2.45) is 5.92 Å². The molecule has 0 fully saturated rings. The highest BCUT2D eigenvalue weighted by molar-refractivity contribution is 6.34. The molecule has 2 aromatic heterocycles. The molecular formula is C20H20ClN7O6. The molecule has 0 bridgehead atoms. The highest BCUT2D eigenvalue weighted by Crippen LogP contribution is 2.23. The van der Waals surface area contributed by atoms with E-state index >= 15 is 0 Å². The van der Waals surface area contributed by atoms with Crippen LogP contribution in [0.5, 0.6) is 0 Å². The highest BCUT2D eigenvalue weighted by atomic mass is 35.5. The van der Waals surface area contributed by atoms with Gasteiger partial charge >= 0.3 is 5.97 Å². The lowest BCUT2D eigenvalue weighted by Crippen LogP contribution is -2.47. The standard InChI is InChI=1S/C20H20ClN7O6/c1-9(2)14(26-19(30)12-5-4-11(28(32)33)6-13(12)21)20(31)34-10(3)18(29)27-17-15-16(23-7-22-15)24-8-25-17/h4-10,14H,1-3H3,(H,26,30)(H2,22,23,24,25,27,29)/t10?,14-/m0/s1. The highest BCUT2D eigenvalue weighted by Gasteiger charge is 2.30. The lowest BCUT2D eigenvalue weighted by atomic mass is 10.0. The van der Waals surface area contributed by atoms with Gasteiger partial charge in [0.2, 0.25) is 0 Å². The third-order valence-corrected chi connectivity index (χ3v) is 5.05. The number of H-pyrrole nitrogens is 1. The van der Waals surface area contributed by atoms with Crippen LogP contribution in [0.15, 0.2) is 30.9 Å². The summed E-state index contributed by atoms with van der Waals surface area (Å²) in [6.07, 6.45) is 1.40. The van der Waals surface area contributed by atoms with E-state index in [9.17, 15) is 24.5 Å². The quantitative estimate of drug-likeness (QED) is 0.242. The minimum atomic E-state index is -1.22. The number of amides is 2. The average molecular weight is 490 g/mol. The number of hydrogen-bond acceptors (Lipinski definition) is 9. The molecule has 1 aromatic carbocycles. The molecule has 0 aliphatic heterocycles. The van der Waals surface area contributed by atoms with Gasteiger partial charge in [-0.25, -0.2) is 19.7 Å². The van der Waals surface area contributed by atoms with E-state index < -0.39 is 40.8 Å². The fourth-order valence-corrected chi connectivity index (χ4v) is 3.16. The SMILES string of the molecule is CC(OC(=O)[C@@H](NC(=O)c1ccc([N+](=O)[O-])cc1Cl)C(C)C)C(=O)Nc1ncnc2nc[nH]c12. The first-order valence-corrected chi connectivity index (χ1v) is 10.4. The molecule has 14 heteroatoms. The second kappa shape index (κ2) is 10.2. The van der Waals surface area contributed by atoms with Crippen LogP contribution in [0.3, 0.4) is 0 Å². The van der Waals surface area contributed by atoms with E-state index in [0.717, 1.165) is 12.1 Å². The number of hydrogen-bond donors (Lipinski definition) is 3. The Morgan fingerprint density at radius 1 is 1.18 bits per heavy atom. The molecule has 0 saturated carbocycles. The summed E-state index contributed by atoms with van der Waals surface area (Å²) in [6.45, 7) is 4.71. The van der Waals surface area contributed by atoms with Crippen molar-refractivity contribution in [2.45, 2.75) is 32.9 Å². The maximum absolute atomic E-state index is 12.7. The van der Waals surface area contributed by atoms with E-state index in [4.69, 9.17) is 16.3 Å². The van der Waals surface area contributed by atoms with Gasteiger partial charge in [-0.1, -0.05) is 25.4 Å². The fourth-order valence-electron chi connectivity index (χ4n) is 2.90. The minimum Gasteiger partial charge on any atom is -0.451 e. The number of carbonyl (C=O) groups is 3. The Balaban J connectivity index is 1.67. The molecule has 2 atom stereocenters. The van der Waals surface area contributed by atoms with Crippen molar-refractivity contribution in [1.29, 1.82) is 0 Å². The van der Waals surface area contributed by atoms with Crippen LogP contribution in [0.2, 0.25) is 5.02 Å². The molecule has 0 radical (unpaired) electrons. The average Bonchev–Trinajstić information content (AvgIpc) is 3.26. The van der Waals surface area contributed by atoms with Crippen molar-refractivity contribution >= 4 is 52.1 Å². The number of nitro benzene ring substituents is 1. The Kier molecular flexibility index (Phi) is 7.36. The molecule has 0 aliphatic rings. The molecule has 0 aliphatic carbocycles. The number of halogens is 1. The molecule has 178 valence electrons. The molecule has 0 spiro atoms. The van der Waals surface area contributed by atoms with Crippen LogP contribution in [0.25, 0.3) is 11.2 Å². The molecule has 3 rings (SSSR count). The largest absolute Gasteiger partial charge is 0.451 e. The first-order valence-electron chi connectivity index (χ1n) is 9.98. The number of benzene rings is 1. The van der Waals surface area contributed by atoms with Gasteiger partial charge in [-0.3, -0.25) is 19.7 Å². The Bertz CT molecular complexity index is 1260. The molecular weight excluding hydrogens is 470 g/mol. The summed E-state index contributed by atoms with van der Waals surface area (Å²) in [7, 11) is 0. The van der Waals surface area contributed by atoms with Gasteiger partial charge in [0, 0.05) is 12.1 Å². The van der Waals surface area contributed by atoms with E-state index in [1.54, 1.807) is 13.8 Å². The molecule has 3 N–H and O–H groups in total. The summed E-state index contributed by atoms with van der Waals surface area (Å²) < 4.78 is 5.26. The van der Waals surface area contributed by atoms with Crippen molar-refractivity contribution in [1.82, 2.24) is 25.3 Å². The third kappa shape index (κ3) is 5.43. The monoisotopic (exact) mass is 489 g/mol. The van der Waals surface area contributed by atoms with Gasteiger partial charge in [0.25, 0.3) is 17.5 Å². The van der Waals surface area contributed by atoms with E-state index in [0.29, 0.717) is 11.2 Å². The van der Waals surface area contributed by atoms with Gasteiger partial charge in [0.05, 0.1) is 21.8 Å². The maximum atomic E-state index is 12.7. The second-order valence-corrected chi connectivity index (χ2v) is 7.92. The Morgan fingerprint density at radius 2 is 1.91 bits per heavy atom. The summed E-state index contributed by atoms with van der Waals surface area (Å²) >= 11 is 6.00. The molecule has 3 aromatic rings. The minimum absolute atomic E-state index is 0.0520. The number of non-ortho nitro benzene ring substituents is 1. The number of fused-ring (bicyclic) bond motifs is 1. The van der Waals surface area contributed by atoms with E-state index in [1.807, 2.05) is 0 Å². The zero-order chi connectivity index (χ0) is 25.0. The molecule has 2 heterocycles. The number of esters is 1. The molecule has 0 saturated heterocycles. The number of anilines is 1. The van der Waals surface area contributed by atoms with E-state index in [1.165, 1.54) is 25.6 Å². The lowest BCUT2D eigenvalue weighted by molar-refractivity contribution is -0.384. The normalized spacial score (nSPS) is 12.7. The number of rotatable bonds is 8. The second-order valence-electron chi connectivity index (χ2n) is 7.51. The summed E-state index contributed by atoms with van der Waals surface area (Å²) in [5.74, 6) is -2.48. The first kappa shape index (κ1) is 24.5. The molecule has 1 unspecified atom stereocenters. The molecule has 2 amide bonds. The van der Waals surface area contributed by atoms with E-state index in [-0.39, 0.29) is 22.1 Å². The van der Waals surface area contributed by atoms with Crippen LogP contribution in [0.4, 0.5) is 11.5 Å². The summed E-state index contributed by atoms with van der Waals surface area (Å²) in [5, 5.41) is 15.7. The van der Waals surface area contributed by atoms with Crippen molar-refractivity contribution in [3.63, 3.8) is 0 Å². The van der Waals surface area contributed by atoms with Gasteiger partial charge < -0.3 is 20.4 Å². The maximum Gasteiger partial charge on any atom is 0.329 e. The zero-order valence-electron chi connectivity index (χ0n) is 18.2. The smallest absolute Gasteiger partial charge is 0.329 e. The predicted molar refractivity (Wildman–Crippen MR) is 120 cm³/mol. The van der Waals surface area contributed by atoms with Crippen molar-refractivity contribution < 1.29 is 24.0 Å². The molecule has 34 heavy (non-hydrogen) atoms. The van der Waals surface area contributed by atoms with Gasteiger partial charge in [-0.05, 0) is 18.9 Å². The van der Waals surface area contributed by atoms with Crippen LogP contribution in [0, 0.1) is 16.0 Å². The summed E-state index contributed by atoms with van der Waals surface area (Å²) in [4.78, 5) is 62.8. The van der Waals surface area contributed by atoms with Gasteiger partial charge in [0.15, 0.2) is 17.6 Å². The van der Waals surface area contributed by atoms with E-state index in [2.05, 4.69) is 30.6 Å². The number of aromatic amines is 1. The number of nitrogens with zero attached hydrogens (tertiary/aromatic N) is 4. The Morgan fingerprint density at radius 3 is 2.56 bits per heavy atom. The molecule has 13 nitrogen and oxygen atoms in total. The van der Waals surface area contributed by atoms with Crippen LogP contribution in [0.1, 0.15) is 31.1 Å². The first-order chi connectivity index (χ1) is 16.1. The number of nitrogens with one attached hydrogen (secondary N) is 3. The number of nitro groups is 1. The predicted octanol–water partition coefficient (Wildman–Crippen LogP) is 2.24. The summed E-state index contributed by atoms with van der Waals surface area (Å²) in [5.41, 5.74) is 0.422. The van der Waals surface area contributed by atoms with Crippen molar-refractivity contribution in [2.75, 3.05) is 5.32 Å². The van der Waals surface area contributed by atoms with Crippen molar-refractivity contribution in [3.05, 3.63) is 51.6 Å². The topological polar surface area (TPSA) is 182 Å². The van der Waals surface area contributed by atoms with Crippen LogP contribution >= 0.6 is 11.6 Å². The number of aromatic nitrogens is 4. The van der Waals surface area contributed by atoms with Gasteiger partial charge in [-0.2, -0.15) is 0 Å². The number of imidazole rings is 1. The number of carbonyl (C=O) groups excluding carboxylic acids is 3. The fraction of sp³-hybridized carbons (Fsp3) is 0.300. The van der Waals surface area contributed by atoms with Crippen LogP contribution in [-0.4, -0.2) is 54.8 Å². The summed E-state index contributed by atoms with van der Waals surface area (Å²) in [6, 6.07) is 2.23. The van der Waals surface area contributed by atoms with Gasteiger partial charge in [-0.15, -0.1) is 0 Å². The van der Waals surface area contributed by atoms with Gasteiger partial charge in [0.1, 0.15) is 17.9 Å². The van der Waals surface area contributed by atoms with Crippen LogP contribution < -0.4 is 10.6 Å². The van der Waals surface area contributed by atoms with Crippen LogP contribution in [-0.2, 0) is 14.3 Å². The zero-order valence-corrected chi connectivity index (χ0v) is 19.0. The Labute approximate surface area is 197 Å². The lowest BCUT2D eigenvalue weighted by Gasteiger charge is -2.23. The Hall–Kier alpha value is -4.13.